The summed E-state index contributed by atoms with van der Waals surface area (Å²) in [6.45, 7) is -0.265. The predicted octanol–water partition coefficient (Wildman–Crippen LogP) is -0.241. The Morgan fingerprint density at radius 2 is 1.72 bits per heavy atom. The molecule has 7 heteroatoms. The van der Waals surface area contributed by atoms with E-state index in [1.807, 2.05) is 0 Å². The zero-order chi connectivity index (χ0) is 13.1. The molecule has 18 heavy (non-hydrogen) atoms. The van der Waals surface area contributed by atoms with Crippen LogP contribution in [0.25, 0.3) is 0 Å². The minimum absolute atomic E-state index is 0.132. The molecule has 1 aliphatic rings. The van der Waals surface area contributed by atoms with Gasteiger partial charge in [-0.05, 0) is 24.3 Å². The van der Waals surface area contributed by atoms with Crippen molar-refractivity contribution in [3.63, 3.8) is 0 Å². The number of amides is 4. The number of carbonyl (C=O) groups is 3. The van der Waals surface area contributed by atoms with E-state index in [-0.39, 0.29) is 13.1 Å². The van der Waals surface area contributed by atoms with Crippen LogP contribution in [-0.4, -0.2) is 35.8 Å². The molecule has 94 valence electrons. The van der Waals surface area contributed by atoms with Crippen molar-refractivity contribution in [2.45, 2.75) is 0 Å². The zero-order valence-corrected chi connectivity index (χ0v) is 9.47. The van der Waals surface area contributed by atoms with Crippen molar-refractivity contribution in [3.8, 4) is 0 Å². The maximum Gasteiger partial charge on any atom is 0.322 e. The normalized spacial score (nSPS) is 15.2. The fraction of sp³-hybridized carbons (Fsp3) is 0.182. The highest BCUT2D eigenvalue weighted by Crippen LogP contribution is 2.11. The highest BCUT2D eigenvalue weighted by Gasteiger charge is 2.26. The average molecular weight is 248 g/mol. The highest BCUT2D eigenvalue weighted by atomic mass is 16.2. The number of carbonyl (C=O) groups excluding carboxylic acids is 3. The van der Waals surface area contributed by atoms with Gasteiger partial charge in [0.05, 0.1) is 0 Å². The first-order chi connectivity index (χ1) is 8.54. The van der Waals surface area contributed by atoms with Crippen molar-refractivity contribution in [3.05, 3.63) is 24.3 Å². The van der Waals surface area contributed by atoms with E-state index >= 15 is 0 Å². The summed E-state index contributed by atoms with van der Waals surface area (Å²) in [6, 6.07) is 6.06. The van der Waals surface area contributed by atoms with Crippen LogP contribution in [-0.2, 0) is 9.59 Å². The maximum absolute atomic E-state index is 11.8. The van der Waals surface area contributed by atoms with Gasteiger partial charge in [-0.1, -0.05) is 0 Å². The van der Waals surface area contributed by atoms with Crippen LogP contribution < -0.4 is 16.4 Å². The molecule has 0 radical (unpaired) electrons. The van der Waals surface area contributed by atoms with Crippen molar-refractivity contribution >= 4 is 29.2 Å². The van der Waals surface area contributed by atoms with Crippen LogP contribution in [0.15, 0.2) is 24.3 Å². The van der Waals surface area contributed by atoms with Gasteiger partial charge in [-0.25, -0.2) is 4.79 Å². The molecular formula is C11H12N4O3. The number of anilines is 2. The van der Waals surface area contributed by atoms with Gasteiger partial charge in [0.1, 0.15) is 13.1 Å². The van der Waals surface area contributed by atoms with Gasteiger partial charge in [0.25, 0.3) is 0 Å². The van der Waals surface area contributed by atoms with Crippen LogP contribution in [0.2, 0.25) is 0 Å². The molecule has 1 saturated heterocycles. The number of imide groups is 1. The van der Waals surface area contributed by atoms with E-state index in [4.69, 9.17) is 5.73 Å². The number of nitrogen functional groups attached to an aromatic ring is 1. The molecule has 7 nitrogen and oxygen atoms in total. The molecule has 0 unspecified atom stereocenters. The number of nitrogens with one attached hydrogen (secondary N) is 2. The lowest BCUT2D eigenvalue weighted by atomic mass is 10.3. The summed E-state index contributed by atoms with van der Waals surface area (Å²) in [6.07, 6.45) is 0. The second-order valence-electron chi connectivity index (χ2n) is 3.88. The number of hydrogen-bond acceptors (Lipinski definition) is 4. The van der Waals surface area contributed by atoms with E-state index in [1.165, 1.54) is 0 Å². The van der Waals surface area contributed by atoms with Crippen LogP contribution in [0.1, 0.15) is 0 Å². The molecule has 1 aromatic carbocycles. The molecule has 0 bridgehead atoms. The zero-order valence-electron chi connectivity index (χ0n) is 9.47. The number of urea groups is 1. The number of nitrogens with two attached hydrogens (primary N) is 1. The molecular weight excluding hydrogens is 236 g/mol. The second kappa shape index (κ2) is 4.74. The van der Waals surface area contributed by atoms with Crippen LogP contribution >= 0.6 is 0 Å². The molecule has 0 aromatic heterocycles. The highest BCUT2D eigenvalue weighted by molar-refractivity contribution is 6.04. The van der Waals surface area contributed by atoms with Crippen molar-refractivity contribution in [2.24, 2.45) is 0 Å². The molecule has 0 spiro atoms. The Bertz CT molecular complexity index is 482. The molecule has 4 amide bonds. The summed E-state index contributed by atoms with van der Waals surface area (Å²) in [5.41, 5.74) is 6.65. The number of nitrogens with zero attached hydrogens (tertiary/aromatic N) is 1. The molecule has 1 heterocycles. The lowest BCUT2D eigenvalue weighted by molar-refractivity contribution is -0.134. The summed E-state index contributed by atoms with van der Waals surface area (Å²) in [4.78, 5) is 35.2. The number of hydrogen-bond donors (Lipinski definition) is 3. The predicted molar refractivity (Wildman–Crippen MR) is 64.6 cm³/mol. The second-order valence-corrected chi connectivity index (χ2v) is 3.88. The van der Waals surface area contributed by atoms with Gasteiger partial charge in [-0.3, -0.25) is 14.9 Å². The number of benzene rings is 1. The Hall–Kier alpha value is -2.57. The van der Waals surface area contributed by atoms with Gasteiger partial charge in [0, 0.05) is 11.4 Å². The SMILES string of the molecule is Nc1ccc(NC(=O)N2CC(=O)NC(=O)C2)cc1. The molecule has 2 rings (SSSR count). The van der Waals surface area contributed by atoms with Gasteiger partial charge < -0.3 is 16.0 Å². The fourth-order valence-corrected chi connectivity index (χ4v) is 1.55. The summed E-state index contributed by atoms with van der Waals surface area (Å²) in [5.74, 6) is -0.975. The Kier molecular flexibility index (Phi) is 3.13. The minimum Gasteiger partial charge on any atom is -0.399 e. The average Bonchev–Trinajstić information content (AvgIpc) is 2.31. The van der Waals surface area contributed by atoms with E-state index in [9.17, 15) is 14.4 Å². The van der Waals surface area contributed by atoms with E-state index in [0.717, 1.165) is 4.90 Å². The third-order valence-electron chi connectivity index (χ3n) is 2.40. The number of rotatable bonds is 1. The van der Waals surface area contributed by atoms with Crippen molar-refractivity contribution in [1.82, 2.24) is 10.2 Å². The molecule has 0 saturated carbocycles. The maximum atomic E-state index is 11.8. The molecule has 0 atom stereocenters. The Morgan fingerprint density at radius 1 is 1.17 bits per heavy atom. The Morgan fingerprint density at radius 3 is 2.28 bits per heavy atom. The van der Waals surface area contributed by atoms with Gasteiger partial charge in [0.15, 0.2) is 0 Å². The largest absolute Gasteiger partial charge is 0.399 e. The van der Waals surface area contributed by atoms with E-state index in [2.05, 4.69) is 10.6 Å². The summed E-state index contributed by atoms with van der Waals surface area (Å²) in [5, 5.41) is 4.70. The molecule has 1 aromatic rings. The first-order valence-corrected chi connectivity index (χ1v) is 5.29. The van der Waals surface area contributed by atoms with E-state index in [1.54, 1.807) is 24.3 Å². The molecule has 1 aliphatic heterocycles. The summed E-state index contributed by atoms with van der Waals surface area (Å²) >= 11 is 0. The standard InChI is InChI=1S/C11H12N4O3/c12-7-1-3-8(4-2-7)13-11(18)15-5-9(16)14-10(17)6-15/h1-4H,5-6,12H2,(H,13,18)(H,14,16,17). The number of piperazine rings is 1. The monoisotopic (exact) mass is 248 g/mol. The third-order valence-corrected chi connectivity index (χ3v) is 2.40. The van der Waals surface area contributed by atoms with Crippen molar-refractivity contribution in [1.29, 1.82) is 0 Å². The quantitative estimate of drug-likeness (QED) is 0.471. The van der Waals surface area contributed by atoms with Gasteiger partial charge in [-0.2, -0.15) is 0 Å². The lowest BCUT2D eigenvalue weighted by Gasteiger charge is -2.25. The van der Waals surface area contributed by atoms with Crippen LogP contribution in [0.5, 0.6) is 0 Å². The smallest absolute Gasteiger partial charge is 0.322 e. The van der Waals surface area contributed by atoms with Crippen LogP contribution in [0, 0.1) is 0 Å². The Labute approximate surface area is 103 Å². The molecule has 4 N–H and O–H groups in total. The van der Waals surface area contributed by atoms with Crippen molar-refractivity contribution < 1.29 is 14.4 Å². The van der Waals surface area contributed by atoms with Gasteiger partial charge in [0.2, 0.25) is 11.8 Å². The van der Waals surface area contributed by atoms with Gasteiger partial charge in [-0.15, -0.1) is 0 Å². The topological polar surface area (TPSA) is 105 Å². The molecule has 0 aliphatic carbocycles. The summed E-state index contributed by atoms with van der Waals surface area (Å²) in [7, 11) is 0. The first kappa shape index (κ1) is 11.9. The minimum atomic E-state index is -0.497. The van der Waals surface area contributed by atoms with Crippen molar-refractivity contribution in [2.75, 3.05) is 24.1 Å². The summed E-state index contributed by atoms with van der Waals surface area (Å²) < 4.78 is 0. The molecule has 1 fully saturated rings. The van der Waals surface area contributed by atoms with E-state index in [0.29, 0.717) is 11.4 Å². The fourth-order valence-electron chi connectivity index (χ4n) is 1.55. The van der Waals surface area contributed by atoms with Crippen LogP contribution in [0.3, 0.4) is 0 Å². The Balaban J connectivity index is 2.01. The van der Waals surface area contributed by atoms with Gasteiger partial charge >= 0.3 is 6.03 Å². The first-order valence-electron chi connectivity index (χ1n) is 5.29. The third kappa shape index (κ3) is 2.76. The lowest BCUT2D eigenvalue weighted by Crippen LogP contribution is -2.54. The van der Waals surface area contributed by atoms with E-state index < -0.39 is 17.8 Å². The van der Waals surface area contributed by atoms with Crippen LogP contribution in [0.4, 0.5) is 16.2 Å².